The van der Waals surface area contributed by atoms with Crippen LogP contribution in [0.5, 0.6) is 5.75 Å². The molecule has 0 unspecified atom stereocenters. The van der Waals surface area contributed by atoms with E-state index in [2.05, 4.69) is 25.6 Å². The zero-order chi connectivity index (χ0) is 18.5. The summed E-state index contributed by atoms with van der Waals surface area (Å²) in [5, 5.41) is 16.7. The van der Waals surface area contributed by atoms with Crippen molar-refractivity contribution in [1.82, 2.24) is 15.0 Å². The minimum atomic E-state index is -0.484. The number of aromatic nitrogens is 3. The molecular formula is C16H13ClN6O3. The van der Waals surface area contributed by atoms with Gasteiger partial charge in [-0.3, -0.25) is 10.1 Å². The quantitative estimate of drug-likeness (QED) is 0.494. The van der Waals surface area contributed by atoms with Crippen molar-refractivity contribution in [2.75, 3.05) is 17.7 Å². The lowest BCUT2D eigenvalue weighted by Crippen LogP contribution is -2.04. The fraction of sp³-hybridized carbons (Fsp3) is 0.0625. The van der Waals surface area contributed by atoms with Gasteiger partial charge in [-0.15, -0.1) is 0 Å². The second-order valence-electron chi connectivity index (χ2n) is 5.04. The van der Waals surface area contributed by atoms with Crippen LogP contribution < -0.4 is 15.4 Å². The Morgan fingerprint density at radius 1 is 1.00 bits per heavy atom. The molecule has 26 heavy (non-hydrogen) atoms. The van der Waals surface area contributed by atoms with E-state index in [1.54, 1.807) is 43.5 Å². The highest BCUT2D eigenvalue weighted by Gasteiger charge is 2.09. The van der Waals surface area contributed by atoms with E-state index in [1.807, 2.05) is 0 Å². The fourth-order valence-electron chi connectivity index (χ4n) is 2.09. The molecule has 0 atom stereocenters. The molecule has 2 aromatic carbocycles. The number of anilines is 4. The van der Waals surface area contributed by atoms with Crippen LogP contribution in [-0.2, 0) is 0 Å². The molecule has 3 aromatic rings. The summed E-state index contributed by atoms with van der Waals surface area (Å²) in [6.07, 6.45) is 0. The third-order valence-electron chi connectivity index (χ3n) is 3.27. The lowest BCUT2D eigenvalue weighted by molar-refractivity contribution is -0.384. The first-order valence-electron chi connectivity index (χ1n) is 7.37. The Kier molecular flexibility index (Phi) is 5.09. The molecule has 0 spiro atoms. The summed E-state index contributed by atoms with van der Waals surface area (Å²) in [5.41, 5.74) is 1.14. The Hall–Kier alpha value is -3.46. The summed E-state index contributed by atoms with van der Waals surface area (Å²) in [4.78, 5) is 22.6. The van der Waals surface area contributed by atoms with Crippen LogP contribution in [0, 0.1) is 10.1 Å². The van der Waals surface area contributed by atoms with Crippen LogP contribution >= 0.6 is 11.6 Å². The first kappa shape index (κ1) is 17.4. The van der Waals surface area contributed by atoms with Gasteiger partial charge in [0.1, 0.15) is 5.75 Å². The molecule has 1 heterocycles. The molecule has 0 aliphatic heterocycles. The highest BCUT2D eigenvalue weighted by atomic mass is 35.5. The first-order chi connectivity index (χ1) is 12.5. The summed E-state index contributed by atoms with van der Waals surface area (Å²) < 4.78 is 5.10. The minimum Gasteiger partial charge on any atom is -0.497 e. The number of ether oxygens (including phenoxy) is 1. The third kappa shape index (κ3) is 4.33. The molecule has 0 bridgehead atoms. The van der Waals surface area contributed by atoms with Gasteiger partial charge < -0.3 is 15.4 Å². The molecule has 0 fully saturated rings. The fourth-order valence-corrected chi connectivity index (χ4v) is 2.25. The van der Waals surface area contributed by atoms with E-state index < -0.39 is 4.92 Å². The van der Waals surface area contributed by atoms with Crippen molar-refractivity contribution in [3.63, 3.8) is 0 Å². The van der Waals surface area contributed by atoms with E-state index in [4.69, 9.17) is 16.3 Å². The van der Waals surface area contributed by atoms with Crippen LogP contribution in [-0.4, -0.2) is 27.0 Å². The van der Waals surface area contributed by atoms with Crippen molar-refractivity contribution >= 4 is 40.6 Å². The molecule has 132 valence electrons. The monoisotopic (exact) mass is 372 g/mol. The van der Waals surface area contributed by atoms with Gasteiger partial charge in [-0.05, 0) is 41.9 Å². The number of methoxy groups -OCH3 is 1. The topological polar surface area (TPSA) is 115 Å². The maximum absolute atomic E-state index is 10.9. The van der Waals surface area contributed by atoms with Crippen LogP contribution in [0.1, 0.15) is 0 Å². The van der Waals surface area contributed by atoms with Crippen LogP contribution in [0.3, 0.4) is 0 Å². The van der Waals surface area contributed by atoms with Gasteiger partial charge in [0.15, 0.2) is 0 Å². The Bertz CT molecular complexity index is 936. The van der Waals surface area contributed by atoms with Crippen molar-refractivity contribution < 1.29 is 9.66 Å². The Morgan fingerprint density at radius 2 is 1.65 bits per heavy atom. The zero-order valence-corrected chi connectivity index (χ0v) is 14.3. The molecule has 1 aromatic heterocycles. The number of halogens is 1. The van der Waals surface area contributed by atoms with Gasteiger partial charge in [0, 0.05) is 23.5 Å². The molecule has 9 nitrogen and oxygen atoms in total. The van der Waals surface area contributed by atoms with Gasteiger partial charge in [-0.1, -0.05) is 6.07 Å². The largest absolute Gasteiger partial charge is 0.497 e. The number of rotatable bonds is 6. The van der Waals surface area contributed by atoms with Gasteiger partial charge in [0.2, 0.25) is 17.2 Å². The van der Waals surface area contributed by atoms with Crippen molar-refractivity contribution in [3.05, 3.63) is 63.9 Å². The lowest BCUT2D eigenvalue weighted by Gasteiger charge is -2.09. The number of non-ortho nitro benzene ring substituents is 1. The van der Waals surface area contributed by atoms with E-state index in [-0.39, 0.29) is 22.9 Å². The van der Waals surface area contributed by atoms with Gasteiger partial charge in [0.25, 0.3) is 5.69 Å². The van der Waals surface area contributed by atoms with Crippen molar-refractivity contribution in [2.45, 2.75) is 0 Å². The first-order valence-corrected chi connectivity index (χ1v) is 7.75. The highest BCUT2D eigenvalue weighted by Crippen LogP contribution is 2.22. The molecule has 2 N–H and O–H groups in total. The molecular weight excluding hydrogens is 360 g/mol. The Balaban J connectivity index is 1.80. The lowest BCUT2D eigenvalue weighted by atomic mass is 10.3. The highest BCUT2D eigenvalue weighted by molar-refractivity contribution is 6.28. The maximum atomic E-state index is 10.9. The van der Waals surface area contributed by atoms with Crippen molar-refractivity contribution in [1.29, 1.82) is 0 Å². The SMILES string of the molecule is COc1ccc(Nc2nc(Cl)nc(Nc3cccc([N+](=O)[O-])c3)n2)cc1. The van der Waals surface area contributed by atoms with Crippen LogP contribution in [0.4, 0.5) is 29.0 Å². The molecule has 0 saturated carbocycles. The number of nitro groups is 1. The second-order valence-corrected chi connectivity index (χ2v) is 5.38. The molecule has 10 heteroatoms. The zero-order valence-electron chi connectivity index (χ0n) is 13.5. The van der Waals surface area contributed by atoms with Gasteiger partial charge in [0.05, 0.1) is 12.0 Å². The maximum Gasteiger partial charge on any atom is 0.271 e. The van der Waals surface area contributed by atoms with Crippen LogP contribution in [0.15, 0.2) is 48.5 Å². The normalized spacial score (nSPS) is 10.2. The predicted molar refractivity (Wildman–Crippen MR) is 97.5 cm³/mol. The molecule has 0 saturated heterocycles. The number of nitro benzene ring substituents is 1. The standard InChI is InChI=1S/C16H13ClN6O3/c1-26-13-7-5-10(6-8-13)18-15-20-14(17)21-16(22-15)19-11-3-2-4-12(9-11)23(24)25/h2-9H,1H3,(H2,18,19,20,21,22). The molecule has 0 radical (unpaired) electrons. The van der Waals surface area contributed by atoms with Gasteiger partial charge in [-0.2, -0.15) is 15.0 Å². The number of benzene rings is 2. The summed E-state index contributed by atoms with van der Waals surface area (Å²) in [6, 6.07) is 13.1. The number of hydrogen-bond donors (Lipinski definition) is 2. The third-order valence-corrected chi connectivity index (χ3v) is 3.44. The average molecular weight is 373 g/mol. The van der Waals surface area contributed by atoms with E-state index >= 15 is 0 Å². The molecule has 0 aliphatic carbocycles. The summed E-state index contributed by atoms with van der Waals surface area (Å²) >= 11 is 5.94. The second kappa shape index (κ2) is 7.62. The average Bonchev–Trinajstić information content (AvgIpc) is 2.62. The van der Waals surface area contributed by atoms with Gasteiger partial charge in [-0.25, -0.2) is 0 Å². The van der Waals surface area contributed by atoms with E-state index in [0.717, 1.165) is 11.4 Å². The molecule has 0 amide bonds. The summed E-state index contributed by atoms with van der Waals surface area (Å²) in [6.45, 7) is 0. The Morgan fingerprint density at radius 3 is 2.27 bits per heavy atom. The molecule has 3 rings (SSSR count). The smallest absolute Gasteiger partial charge is 0.271 e. The van der Waals surface area contributed by atoms with Crippen LogP contribution in [0.25, 0.3) is 0 Å². The summed E-state index contributed by atoms with van der Waals surface area (Å²) in [5.74, 6) is 1.10. The van der Waals surface area contributed by atoms with E-state index in [1.165, 1.54) is 12.1 Å². The predicted octanol–water partition coefficient (Wildman–Crippen LogP) is 3.93. The number of hydrogen-bond acceptors (Lipinski definition) is 8. The summed E-state index contributed by atoms with van der Waals surface area (Å²) in [7, 11) is 1.58. The number of nitrogens with zero attached hydrogens (tertiary/aromatic N) is 4. The number of nitrogens with one attached hydrogen (secondary N) is 2. The Labute approximate surface area is 153 Å². The van der Waals surface area contributed by atoms with E-state index in [9.17, 15) is 10.1 Å². The minimum absolute atomic E-state index is 0.0241. The van der Waals surface area contributed by atoms with Gasteiger partial charge >= 0.3 is 0 Å². The van der Waals surface area contributed by atoms with E-state index in [0.29, 0.717) is 5.69 Å². The van der Waals surface area contributed by atoms with Crippen molar-refractivity contribution in [2.24, 2.45) is 0 Å². The van der Waals surface area contributed by atoms with Crippen LogP contribution in [0.2, 0.25) is 5.28 Å². The van der Waals surface area contributed by atoms with Crippen molar-refractivity contribution in [3.8, 4) is 5.75 Å². The molecule has 0 aliphatic rings.